The molecule has 4 heterocycles. The topological polar surface area (TPSA) is 60.5 Å². The van der Waals surface area contributed by atoms with Gasteiger partial charge in [-0.1, -0.05) is 30.3 Å². The van der Waals surface area contributed by atoms with Crippen molar-refractivity contribution in [2.45, 2.75) is 25.6 Å². The Hall–Kier alpha value is -2.68. The molecule has 0 bridgehead atoms. The van der Waals surface area contributed by atoms with Gasteiger partial charge in [-0.15, -0.1) is 0 Å². The number of thiol groups is 1. The highest BCUT2D eigenvalue weighted by molar-refractivity contribution is 7.80. The molecule has 1 unspecified atom stereocenters. The Morgan fingerprint density at radius 1 is 1.00 bits per heavy atom. The minimum Gasteiger partial charge on any atom is -0.379 e. The number of nitrogens with zero attached hydrogens (tertiary/aromatic N) is 6. The number of benzene rings is 1. The second kappa shape index (κ2) is 9.05. The van der Waals surface area contributed by atoms with Gasteiger partial charge in [0.05, 0.1) is 24.6 Å². The van der Waals surface area contributed by atoms with Crippen molar-refractivity contribution in [3.05, 3.63) is 71.7 Å². The maximum absolute atomic E-state index is 5.49. The molecule has 8 heteroatoms. The van der Waals surface area contributed by atoms with Crippen molar-refractivity contribution in [2.24, 2.45) is 0 Å². The molecule has 1 aliphatic rings. The van der Waals surface area contributed by atoms with E-state index in [1.54, 1.807) is 0 Å². The molecule has 1 aromatic carbocycles. The van der Waals surface area contributed by atoms with Crippen LogP contribution >= 0.6 is 12.6 Å². The summed E-state index contributed by atoms with van der Waals surface area (Å²) in [6.45, 7) is 9.39. The fourth-order valence-corrected chi connectivity index (χ4v) is 4.53. The lowest BCUT2D eigenvalue weighted by atomic mass is 10.2. The predicted molar refractivity (Wildman–Crippen MR) is 128 cm³/mol. The molecule has 0 saturated carbocycles. The van der Waals surface area contributed by atoms with Crippen LogP contribution in [-0.2, 0) is 11.3 Å². The van der Waals surface area contributed by atoms with E-state index in [-0.39, 0.29) is 5.25 Å². The average molecular weight is 449 g/mol. The largest absolute Gasteiger partial charge is 0.379 e. The van der Waals surface area contributed by atoms with Gasteiger partial charge in [0.15, 0.2) is 0 Å². The van der Waals surface area contributed by atoms with Gasteiger partial charge in [0, 0.05) is 55.5 Å². The molecule has 0 amide bonds. The summed E-state index contributed by atoms with van der Waals surface area (Å²) in [6.07, 6.45) is 4.16. The molecular weight excluding hydrogens is 420 g/mol. The number of hydrogen-bond acceptors (Lipinski definition) is 6. The van der Waals surface area contributed by atoms with Crippen LogP contribution < -0.4 is 0 Å². The van der Waals surface area contributed by atoms with E-state index >= 15 is 0 Å². The number of fused-ring (bicyclic) bond motifs is 1. The lowest BCUT2D eigenvalue weighted by molar-refractivity contribution is 0.0363. The van der Waals surface area contributed by atoms with Gasteiger partial charge in [-0.3, -0.25) is 9.30 Å². The highest BCUT2D eigenvalue weighted by atomic mass is 32.1. The molecule has 4 aromatic rings. The van der Waals surface area contributed by atoms with Gasteiger partial charge < -0.3 is 9.30 Å². The maximum atomic E-state index is 5.49. The standard InChI is InChI=1S/C24H28N6OS/c1-17-14-18(2)30-16-21(27-24(30)25-17)22(32)23-26-20(19-6-4-3-5-7-19)15-29(23)9-8-28-10-12-31-13-11-28/h3-7,14-16,22,32H,8-13H2,1-2H3. The molecule has 1 saturated heterocycles. The summed E-state index contributed by atoms with van der Waals surface area (Å²) >= 11 is 4.97. The average Bonchev–Trinajstić information content (AvgIpc) is 3.43. The molecule has 1 fully saturated rings. The molecule has 1 aliphatic heterocycles. The normalized spacial score (nSPS) is 16.0. The monoisotopic (exact) mass is 448 g/mol. The van der Waals surface area contributed by atoms with E-state index in [1.165, 1.54) is 0 Å². The Kier molecular flexibility index (Phi) is 5.99. The summed E-state index contributed by atoms with van der Waals surface area (Å²) in [6, 6.07) is 12.3. The first-order valence-electron chi connectivity index (χ1n) is 11.0. The van der Waals surface area contributed by atoms with E-state index in [1.807, 2.05) is 35.7 Å². The van der Waals surface area contributed by atoms with Crippen molar-refractivity contribution in [1.29, 1.82) is 0 Å². The Balaban J connectivity index is 1.49. The molecular formula is C24H28N6OS. The van der Waals surface area contributed by atoms with E-state index in [0.29, 0.717) is 5.78 Å². The Morgan fingerprint density at radius 2 is 1.78 bits per heavy atom. The molecule has 7 nitrogen and oxygen atoms in total. The number of imidazole rings is 2. The molecule has 0 spiro atoms. The molecule has 0 aliphatic carbocycles. The lowest BCUT2D eigenvalue weighted by Gasteiger charge is -2.27. The van der Waals surface area contributed by atoms with Crippen LogP contribution in [-0.4, -0.2) is 61.7 Å². The molecule has 3 aromatic heterocycles. The van der Waals surface area contributed by atoms with Gasteiger partial charge in [0.25, 0.3) is 0 Å². The smallest absolute Gasteiger partial charge is 0.234 e. The van der Waals surface area contributed by atoms with Crippen LogP contribution in [0, 0.1) is 13.8 Å². The van der Waals surface area contributed by atoms with Crippen molar-refractivity contribution < 1.29 is 4.74 Å². The zero-order valence-corrected chi connectivity index (χ0v) is 19.4. The molecule has 0 N–H and O–H groups in total. The number of morpholine rings is 1. The van der Waals surface area contributed by atoms with E-state index in [4.69, 9.17) is 27.3 Å². The van der Waals surface area contributed by atoms with Crippen molar-refractivity contribution in [3.8, 4) is 11.3 Å². The summed E-state index contributed by atoms with van der Waals surface area (Å²) in [7, 11) is 0. The third kappa shape index (κ3) is 4.30. The molecule has 32 heavy (non-hydrogen) atoms. The summed E-state index contributed by atoms with van der Waals surface area (Å²) in [5.74, 6) is 1.60. The van der Waals surface area contributed by atoms with E-state index < -0.39 is 0 Å². The lowest BCUT2D eigenvalue weighted by Crippen LogP contribution is -2.38. The predicted octanol–water partition coefficient (Wildman–Crippen LogP) is 3.56. The third-order valence-electron chi connectivity index (χ3n) is 5.94. The second-order valence-corrected chi connectivity index (χ2v) is 8.79. The van der Waals surface area contributed by atoms with Crippen LogP contribution in [0.2, 0.25) is 0 Å². The van der Waals surface area contributed by atoms with Crippen LogP contribution in [0.25, 0.3) is 17.0 Å². The van der Waals surface area contributed by atoms with Gasteiger partial charge in [-0.2, -0.15) is 12.6 Å². The second-order valence-electron chi connectivity index (χ2n) is 8.27. The Bertz CT molecular complexity index is 1210. The number of aryl methyl sites for hydroxylation is 2. The van der Waals surface area contributed by atoms with E-state index in [9.17, 15) is 0 Å². The van der Waals surface area contributed by atoms with Gasteiger partial charge in [-0.25, -0.2) is 15.0 Å². The minimum atomic E-state index is -0.251. The summed E-state index contributed by atoms with van der Waals surface area (Å²) in [4.78, 5) is 16.8. The van der Waals surface area contributed by atoms with Gasteiger partial charge >= 0.3 is 0 Å². The van der Waals surface area contributed by atoms with E-state index in [2.05, 4.69) is 45.8 Å². The highest BCUT2D eigenvalue weighted by Gasteiger charge is 2.22. The van der Waals surface area contributed by atoms with Crippen LogP contribution in [0.3, 0.4) is 0 Å². The number of rotatable bonds is 6. The fourth-order valence-electron chi connectivity index (χ4n) is 4.20. The molecule has 0 radical (unpaired) electrons. The van der Waals surface area contributed by atoms with Crippen LogP contribution in [0.5, 0.6) is 0 Å². The maximum Gasteiger partial charge on any atom is 0.234 e. The molecule has 5 rings (SSSR count). The van der Waals surface area contributed by atoms with Gasteiger partial charge in [0.1, 0.15) is 11.1 Å². The van der Waals surface area contributed by atoms with Gasteiger partial charge in [0.2, 0.25) is 5.78 Å². The summed E-state index contributed by atoms with van der Waals surface area (Å²) < 4.78 is 9.74. The summed E-state index contributed by atoms with van der Waals surface area (Å²) in [5, 5.41) is -0.251. The van der Waals surface area contributed by atoms with Crippen molar-refractivity contribution >= 4 is 18.4 Å². The van der Waals surface area contributed by atoms with Gasteiger partial charge in [-0.05, 0) is 19.9 Å². The first-order valence-corrected chi connectivity index (χ1v) is 11.5. The SMILES string of the molecule is Cc1cc(C)n2cc(C(S)c3nc(-c4ccccc4)cn3CCN3CCOCC3)nc2n1. The van der Waals surface area contributed by atoms with Crippen LogP contribution in [0.15, 0.2) is 48.8 Å². The first kappa shape index (κ1) is 21.2. The van der Waals surface area contributed by atoms with Crippen molar-refractivity contribution in [1.82, 2.24) is 28.8 Å². The fraction of sp³-hybridized carbons (Fsp3) is 0.375. The quantitative estimate of drug-likeness (QED) is 0.457. The zero-order valence-electron chi connectivity index (χ0n) is 18.5. The van der Waals surface area contributed by atoms with Crippen molar-refractivity contribution in [2.75, 3.05) is 32.8 Å². The highest BCUT2D eigenvalue weighted by Crippen LogP contribution is 2.30. The summed E-state index contributed by atoms with van der Waals surface area (Å²) in [5.41, 5.74) is 4.97. The number of ether oxygens (including phenoxy) is 1. The van der Waals surface area contributed by atoms with Crippen LogP contribution in [0.1, 0.15) is 28.2 Å². The third-order valence-corrected chi connectivity index (χ3v) is 6.44. The minimum absolute atomic E-state index is 0.251. The Morgan fingerprint density at radius 3 is 2.56 bits per heavy atom. The molecule has 1 atom stereocenters. The van der Waals surface area contributed by atoms with Crippen LogP contribution in [0.4, 0.5) is 0 Å². The number of hydrogen-bond donors (Lipinski definition) is 1. The number of aromatic nitrogens is 5. The zero-order chi connectivity index (χ0) is 22.1. The van der Waals surface area contributed by atoms with E-state index in [0.717, 1.165) is 73.6 Å². The first-order chi connectivity index (χ1) is 15.6. The van der Waals surface area contributed by atoms with Crippen molar-refractivity contribution in [3.63, 3.8) is 0 Å². The molecule has 166 valence electrons. The Labute approximate surface area is 193 Å².